The monoisotopic (exact) mass is 1360 g/mol. The fourth-order valence-corrected chi connectivity index (χ4v) is 11.9. The summed E-state index contributed by atoms with van der Waals surface area (Å²) in [5.41, 5.74) is -20.0. The summed E-state index contributed by atoms with van der Waals surface area (Å²) in [5.74, 6) is 0. The van der Waals surface area contributed by atoms with Crippen molar-refractivity contribution in [3.63, 3.8) is 0 Å². The van der Waals surface area contributed by atoms with E-state index in [1.165, 1.54) is 45.8 Å². The molecule has 0 saturated carbocycles. The van der Waals surface area contributed by atoms with Gasteiger partial charge in [0.05, 0.1) is 89.6 Å². The molecule has 3 heterocycles. The predicted molar refractivity (Wildman–Crippen MR) is 305 cm³/mol. The van der Waals surface area contributed by atoms with Crippen LogP contribution in [0.3, 0.4) is 0 Å². The lowest BCUT2D eigenvalue weighted by molar-refractivity contribution is -0.144. The Kier molecular flexibility index (Phi) is 15.3. The Balaban J connectivity index is 1.20. The Hall–Kier alpha value is -10.5. The number of nitriles is 1. The number of hydrogen-bond acceptors (Lipinski definition) is 2. The molecule has 0 unspecified atom stereocenters. The minimum absolute atomic E-state index is 0.0244. The molecule has 0 atom stereocenters. The average molecular weight is 1360 g/mol. The highest BCUT2D eigenvalue weighted by molar-refractivity contribution is 6.14. The van der Waals surface area contributed by atoms with Crippen LogP contribution in [0.4, 0.5) is 105 Å². The molecule has 0 aliphatic heterocycles. The molecule has 0 bridgehead atoms. The smallest absolute Gasteiger partial charge is 0.308 e. The molecule has 0 fully saturated rings. The summed E-state index contributed by atoms with van der Waals surface area (Å²) in [7, 11) is 0. The zero-order valence-corrected chi connectivity index (χ0v) is 47.2. The average Bonchev–Trinajstić information content (AvgIpc) is 1.58. The summed E-state index contributed by atoms with van der Waals surface area (Å²) in [4.78, 5) is 4.08. The third-order valence-electron chi connectivity index (χ3n) is 16.1. The Morgan fingerprint density at radius 1 is 0.271 bits per heavy atom. The van der Waals surface area contributed by atoms with E-state index in [9.17, 15) is 111 Å². The topological polar surface area (TPSA) is 46.5 Å². The molecule has 0 saturated heterocycles. The zero-order valence-electron chi connectivity index (χ0n) is 47.2. The maximum atomic E-state index is 14.9. The molecular formula is C68H30F24N4. The quantitative estimate of drug-likeness (QED) is 0.149. The van der Waals surface area contributed by atoms with Gasteiger partial charge in [0.1, 0.15) is 0 Å². The van der Waals surface area contributed by atoms with Crippen molar-refractivity contribution >= 4 is 43.6 Å². The second kappa shape index (κ2) is 22.3. The van der Waals surface area contributed by atoms with Crippen LogP contribution >= 0.6 is 0 Å². The van der Waals surface area contributed by atoms with Gasteiger partial charge in [-0.2, -0.15) is 111 Å². The number of halogens is 24. The number of alkyl halides is 24. The molecule has 490 valence electrons. The molecule has 12 rings (SSSR count). The fourth-order valence-electron chi connectivity index (χ4n) is 11.9. The van der Waals surface area contributed by atoms with E-state index < -0.39 is 138 Å². The number of benzene rings is 9. The van der Waals surface area contributed by atoms with Gasteiger partial charge in [-0.05, 0) is 171 Å². The Morgan fingerprint density at radius 2 is 0.521 bits per heavy atom. The van der Waals surface area contributed by atoms with Crippen LogP contribution in [0.15, 0.2) is 182 Å². The van der Waals surface area contributed by atoms with Gasteiger partial charge in [-0.1, -0.05) is 48.5 Å². The lowest BCUT2D eigenvalue weighted by Crippen LogP contribution is -2.12. The Labute approximate surface area is 521 Å². The number of hydrogen-bond donors (Lipinski definition) is 0. The first-order chi connectivity index (χ1) is 44.6. The summed E-state index contributed by atoms with van der Waals surface area (Å²) >= 11 is 0. The van der Waals surface area contributed by atoms with Crippen molar-refractivity contribution in [2.24, 2.45) is 0 Å². The summed E-state index contributed by atoms with van der Waals surface area (Å²) in [6.45, 7) is 0. The van der Waals surface area contributed by atoms with Crippen LogP contribution in [-0.2, 0) is 49.4 Å². The summed E-state index contributed by atoms with van der Waals surface area (Å²) < 4.78 is 349. The van der Waals surface area contributed by atoms with Crippen molar-refractivity contribution in [2.45, 2.75) is 49.4 Å². The molecule has 0 spiro atoms. The predicted octanol–water partition coefficient (Wildman–Crippen LogP) is 23.6. The Bertz CT molecular complexity index is 4620. The highest BCUT2D eigenvalue weighted by Crippen LogP contribution is 2.51. The molecule has 96 heavy (non-hydrogen) atoms. The number of pyridine rings is 1. The third-order valence-corrected chi connectivity index (χ3v) is 16.1. The minimum atomic E-state index is -5.48. The summed E-state index contributed by atoms with van der Waals surface area (Å²) in [5, 5.41) is 10.2. The van der Waals surface area contributed by atoms with Gasteiger partial charge in [-0.3, -0.25) is 4.98 Å². The van der Waals surface area contributed by atoms with Crippen molar-refractivity contribution in [3.05, 3.63) is 232 Å². The van der Waals surface area contributed by atoms with Gasteiger partial charge in [0.15, 0.2) is 0 Å². The van der Waals surface area contributed by atoms with Crippen LogP contribution in [0.1, 0.15) is 50.1 Å². The lowest BCUT2D eigenvalue weighted by atomic mass is 9.94. The molecule has 28 heteroatoms. The van der Waals surface area contributed by atoms with E-state index in [-0.39, 0.29) is 95.9 Å². The molecule has 4 nitrogen and oxygen atoms in total. The fraction of sp³-hybridized carbons (Fsp3) is 0.118. The van der Waals surface area contributed by atoms with Crippen molar-refractivity contribution < 1.29 is 105 Å². The van der Waals surface area contributed by atoms with Gasteiger partial charge >= 0.3 is 49.4 Å². The second-order valence-electron chi connectivity index (χ2n) is 21.9. The molecule has 3 aromatic heterocycles. The van der Waals surface area contributed by atoms with Crippen LogP contribution < -0.4 is 0 Å². The molecule has 0 N–H and O–H groups in total. The number of aromatic nitrogens is 3. The number of nitrogens with zero attached hydrogens (tertiary/aromatic N) is 4. The largest absolute Gasteiger partial charge is 0.417 e. The van der Waals surface area contributed by atoms with Crippen LogP contribution in [-0.4, -0.2) is 14.1 Å². The zero-order chi connectivity index (χ0) is 69.5. The van der Waals surface area contributed by atoms with Gasteiger partial charge in [0.2, 0.25) is 0 Å². The number of fused-ring (bicyclic) bond motifs is 6. The molecule has 0 aliphatic rings. The van der Waals surface area contributed by atoms with Gasteiger partial charge in [-0.25, -0.2) is 0 Å². The Morgan fingerprint density at radius 3 is 0.740 bits per heavy atom. The van der Waals surface area contributed by atoms with E-state index in [4.69, 9.17) is 0 Å². The third kappa shape index (κ3) is 11.8. The lowest BCUT2D eigenvalue weighted by Gasteiger charge is -2.21. The molecule has 0 radical (unpaired) electrons. The van der Waals surface area contributed by atoms with Crippen LogP contribution in [0.25, 0.3) is 111 Å². The molecule has 0 aliphatic carbocycles. The van der Waals surface area contributed by atoms with E-state index in [1.807, 2.05) is 6.07 Å². The number of rotatable bonds is 7. The van der Waals surface area contributed by atoms with Gasteiger partial charge in [0, 0.05) is 39.5 Å². The molecule has 0 amide bonds. The standard InChI is InChI=1S/C68H30F24N4/c69-61(70,71)38-5-9-42(50(27-38)65(81,82)83)34-1-13-54-46(23-34)47-24-35(43-10-6-39(62(72,73)74)28-51(43)66(84,85)86)2-14-55(47)95(54)58-21-32(31-93)22-59(60(58)33-17-19-94-20-18-33)96-56-15-3-36(44-11-7-40(63(75,76)77)29-52(44)67(87,88)89)25-48(56)49-26-37(4-16-57(49)96)45-12-8-41(64(78,79)80)30-53(45)68(90,91)92/h1-30H. The molecular weight excluding hydrogens is 1330 g/mol. The second-order valence-corrected chi connectivity index (χ2v) is 21.9. The van der Waals surface area contributed by atoms with Crippen molar-refractivity contribution in [3.8, 4) is 73.1 Å². The maximum Gasteiger partial charge on any atom is 0.417 e. The first-order valence-corrected chi connectivity index (χ1v) is 27.4. The first kappa shape index (κ1) is 65.6. The van der Waals surface area contributed by atoms with Gasteiger partial charge in [-0.15, -0.1) is 0 Å². The first-order valence-electron chi connectivity index (χ1n) is 27.4. The normalized spacial score (nSPS) is 13.2. The van der Waals surface area contributed by atoms with E-state index in [2.05, 4.69) is 4.98 Å². The SMILES string of the molecule is N#Cc1cc(-n2c3ccc(-c4ccc(C(F)(F)F)cc4C(F)(F)F)cc3c3cc(-c4ccc(C(F)(F)F)cc4C(F)(F)F)ccc32)c(-c2ccncc2)c(-n2c3ccc(-c4ccc(C(F)(F)F)cc4C(F)(F)F)cc3c3cc(-c4ccc(C(F)(F)F)cc4C(F)(F)F)ccc32)c1. The highest BCUT2D eigenvalue weighted by Gasteiger charge is 2.43. The summed E-state index contributed by atoms with van der Waals surface area (Å²) in [6, 6.07) is 23.1. The van der Waals surface area contributed by atoms with E-state index >= 15 is 0 Å². The molecule has 9 aromatic carbocycles. The van der Waals surface area contributed by atoms with Crippen molar-refractivity contribution in [1.29, 1.82) is 5.26 Å². The van der Waals surface area contributed by atoms with E-state index in [0.29, 0.717) is 48.5 Å². The van der Waals surface area contributed by atoms with Crippen LogP contribution in [0, 0.1) is 11.3 Å². The maximum absolute atomic E-state index is 14.9. The minimum Gasteiger partial charge on any atom is -0.308 e. The van der Waals surface area contributed by atoms with Gasteiger partial charge < -0.3 is 9.13 Å². The molecule has 12 aromatic rings. The van der Waals surface area contributed by atoms with E-state index in [0.717, 1.165) is 72.8 Å². The highest BCUT2D eigenvalue weighted by atomic mass is 19.4. The van der Waals surface area contributed by atoms with E-state index in [1.54, 1.807) is 0 Å². The van der Waals surface area contributed by atoms with Crippen molar-refractivity contribution in [2.75, 3.05) is 0 Å². The van der Waals surface area contributed by atoms with Crippen LogP contribution in [0.5, 0.6) is 0 Å². The van der Waals surface area contributed by atoms with Crippen LogP contribution in [0.2, 0.25) is 0 Å². The van der Waals surface area contributed by atoms with Gasteiger partial charge in [0.25, 0.3) is 0 Å². The summed E-state index contributed by atoms with van der Waals surface area (Å²) in [6.07, 6.45) is -40.6. The van der Waals surface area contributed by atoms with Crippen molar-refractivity contribution in [1.82, 2.24) is 14.1 Å².